The van der Waals surface area contributed by atoms with Gasteiger partial charge in [0.2, 0.25) is 5.91 Å². The topological polar surface area (TPSA) is 58.2 Å². The Hall–Kier alpha value is -2.33. The molecule has 0 saturated carbocycles. The Morgan fingerprint density at radius 1 is 1.04 bits per heavy atom. The first-order valence-electron chi connectivity index (χ1n) is 7.40. The number of halogens is 1. The van der Waals surface area contributed by atoms with Gasteiger partial charge in [0.25, 0.3) is 5.91 Å². The molecule has 0 aliphatic carbocycles. The van der Waals surface area contributed by atoms with Crippen LogP contribution in [0.15, 0.2) is 48.5 Å². The molecular formula is C18H19ClN2O2. The predicted molar refractivity (Wildman–Crippen MR) is 92.5 cm³/mol. The number of hydrogen-bond donors (Lipinski definition) is 2. The summed E-state index contributed by atoms with van der Waals surface area (Å²) in [5, 5.41) is 6.07. The fourth-order valence-electron chi connectivity index (χ4n) is 1.92. The molecule has 0 aliphatic rings. The van der Waals surface area contributed by atoms with Crippen LogP contribution < -0.4 is 10.6 Å². The van der Waals surface area contributed by atoms with E-state index in [4.69, 9.17) is 11.6 Å². The van der Waals surface area contributed by atoms with Crippen LogP contribution in [-0.4, -0.2) is 11.8 Å². The van der Waals surface area contributed by atoms with Crippen LogP contribution in [0.3, 0.4) is 0 Å². The predicted octanol–water partition coefficient (Wildman–Crippen LogP) is 3.86. The minimum atomic E-state index is -0.215. The minimum absolute atomic E-state index is 0.0234. The molecule has 0 unspecified atom stereocenters. The fourth-order valence-corrected chi connectivity index (χ4v) is 2.14. The lowest BCUT2D eigenvalue weighted by atomic mass is 10.1. The molecule has 23 heavy (non-hydrogen) atoms. The molecule has 2 rings (SSSR count). The number of hydrogen-bond acceptors (Lipinski definition) is 2. The fraction of sp³-hybridized carbons (Fsp3) is 0.222. The highest BCUT2D eigenvalue weighted by atomic mass is 35.5. The van der Waals surface area contributed by atoms with Crippen molar-refractivity contribution in [2.24, 2.45) is 5.92 Å². The first kappa shape index (κ1) is 17.0. The largest absolute Gasteiger partial charge is 0.348 e. The van der Waals surface area contributed by atoms with Crippen LogP contribution in [0.4, 0.5) is 5.69 Å². The molecule has 2 N–H and O–H groups in total. The van der Waals surface area contributed by atoms with Crippen molar-refractivity contribution < 1.29 is 9.59 Å². The average molecular weight is 331 g/mol. The molecule has 120 valence electrons. The summed E-state index contributed by atoms with van der Waals surface area (Å²) in [5.41, 5.74) is 2.13. The second-order valence-corrected chi connectivity index (χ2v) is 5.91. The lowest BCUT2D eigenvalue weighted by Crippen LogP contribution is -2.23. The summed E-state index contributed by atoms with van der Waals surface area (Å²) in [6.07, 6.45) is 0. The Labute approximate surface area is 140 Å². The van der Waals surface area contributed by atoms with Crippen LogP contribution >= 0.6 is 11.6 Å². The van der Waals surface area contributed by atoms with Crippen molar-refractivity contribution in [2.75, 3.05) is 5.32 Å². The number of carbonyl (C=O) groups is 2. The Kier molecular flexibility index (Phi) is 5.77. The van der Waals surface area contributed by atoms with E-state index in [1.165, 1.54) is 0 Å². The average Bonchev–Trinajstić information content (AvgIpc) is 2.54. The highest BCUT2D eigenvalue weighted by Crippen LogP contribution is 2.15. The van der Waals surface area contributed by atoms with E-state index >= 15 is 0 Å². The Balaban J connectivity index is 1.93. The molecule has 0 fully saturated rings. The van der Waals surface area contributed by atoms with Gasteiger partial charge in [-0.25, -0.2) is 0 Å². The monoisotopic (exact) mass is 330 g/mol. The van der Waals surface area contributed by atoms with Gasteiger partial charge in [-0.05, 0) is 29.8 Å². The quantitative estimate of drug-likeness (QED) is 0.874. The van der Waals surface area contributed by atoms with Gasteiger partial charge in [0.05, 0.1) is 10.6 Å². The minimum Gasteiger partial charge on any atom is -0.348 e. The van der Waals surface area contributed by atoms with E-state index in [1.54, 1.807) is 24.3 Å². The zero-order chi connectivity index (χ0) is 16.8. The van der Waals surface area contributed by atoms with Crippen molar-refractivity contribution in [3.05, 3.63) is 64.7 Å². The van der Waals surface area contributed by atoms with Gasteiger partial charge in [-0.3, -0.25) is 9.59 Å². The molecule has 2 aromatic carbocycles. The van der Waals surface area contributed by atoms with Crippen molar-refractivity contribution >= 4 is 29.1 Å². The highest BCUT2D eigenvalue weighted by molar-refractivity contribution is 6.33. The molecule has 2 aromatic rings. The molecular weight excluding hydrogens is 312 g/mol. The summed E-state index contributed by atoms with van der Waals surface area (Å²) in [6.45, 7) is 4.07. The molecule has 0 atom stereocenters. The second kappa shape index (κ2) is 7.79. The molecule has 0 radical (unpaired) electrons. The maximum absolute atomic E-state index is 12.1. The van der Waals surface area contributed by atoms with Gasteiger partial charge in [0, 0.05) is 18.2 Å². The number of benzene rings is 2. The van der Waals surface area contributed by atoms with Crippen LogP contribution in [0.1, 0.15) is 29.8 Å². The van der Waals surface area contributed by atoms with Gasteiger partial charge in [-0.1, -0.05) is 49.7 Å². The number of nitrogens with one attached hydrogen (secondary N) is 2. The third kappa shape index (κ3) is 4.83. The van der Waals surface area contributed by atoms with Crippen LogP contribution in [0.2, 0.25) is 5.02 Å². The molecule has 4 nitrogen and oxygen atoms in total. The second-order valence-electron chi connectivity index (χ2n) is 5.50. The number of rotatable bonds is 5. The number of amides is 2. The van der Waals surface area contributed by atoms with E-state index in [1.807, 2.05) is 38.1 Å². The van der Waals surface area contributed by atoms with Gasteiger partial charge in [-0.15, -0.1) is 0 Å². The molecule has 2 amide bonds. The Morgan fingerprint density at radius 3 is 2.30 bits per heavy atom. The zero-order valence-electron chi connectivity index (χ0n) is 13.1. The smallest absolute Gasteiger partial charge is 0.253 e. The third-order valence-electron chi connectivity index (χ3n) is 3.32. The first-order valence-corrected chi connectivity index (χ1v) is 7.77. The Bertz CT molecular complexity index is 696. The number of carbonyl (C=O) groups excluding carboxylic acids is 2. The molecule has 0 heterocycles. The van der Waals surface area contributed by atoms with Crippen molar-refractivity contribution in [1.82, 2.24) is 5.32 Å². The summed E-state index contributed by atoms with van der Waals surface area (Å²) in [4.78, 5) is 23.7. The molecule has 5 heteroatoms. The van der Waals surface area contributed by atoms with Crippen molar-refractivity contribution in [3.8, 4) is 0 Å². The third-order valence-corrected chi connectivity index (χ3v) is 3.65. The van der Waals surface area contributed by atoms with Gasteiger partial charge >= 0.3 is 0 Å². The highest BCUT2D eigenvalue weighted by Gasteiger charge is 2.09. The molecule has 0 saturated heterocycles. The summed E-state index contributed by atoms with van der Waals surface area (Å²) in [6, 6.07) is 14.3. The maximum Gasteiger partial charge on any atom is 0.253 e. The first-order chi connectivity index (χ1) is 11.0. The van der Waals surface area contributed by atoms with Gasteiger partial charge in [0.1, 0.15) is 0 Å². The van der Waals surface area contributed by atoms with Crippen molar-refractivity contribution in [2.45, 2.75) is 20.4 Å². The van der Waals surface area contributed by atoms with E-state index in [9.17, 15) is 9.59 Å². The standard InChI is InChI=1S/C18H19ClN2O2/c1-12(2)17(22)21-14-9-7-13(8-10-14)11-20-18(23)15-5-3-4-6-16(15)19/h3-10,12H,11H2,1-2H3,(H,20,23)(H,21,22). The summed E-state index contributed by atoms with van der Waals surface area (Å²) in [5.74, 6) is -0.304. The van der Waals surface area contributed by atoms with Gasteiger partial charge < -0.3 is 10.6 Å². The Morgan fingerprint density at radius 2 is 1.70 bits per heavy atom. The summed E-state index contributed by atoms with van der Waals surface area (Å²) < 4.78 is 0. The maximum atomic E-state index is 12.1. The number of anilines is 1. The van der Waals surface area contributed by atoms with Crippen LogP contribution in [-0.2, 0) is 11.3 Å². The van der Waals surface area contributed by atoms with E-state index < -0.39 is 0 Å². The van der Waals surface area contributed by atoms with E-state index in [0.717, 1.165) is 11.3 Å². The normalized spacial score (nSPS) is 10.4. The molecule has 0 spiro atoms. The summed E-state index contributed by atoms with van der Waals surface area (Å²) in [7, 11) is 0. The lowest BCUT2D eigenvalue weighted by molar-refractivity contribution is -0.118. The summed E-state index contributed by atoms with van der Waals surface area (Å²) >= 11 is 5.99. The van der Waals surface area contributed by atoms with Crippen molar-refractivity contribution in [1.29, 1.82) is 0 Å². The van der Waals surface area contributed by atoms with Crippen LogP contribution in [0.25, 0.3) is 0 Å². The van der Waals surface area contributed by atoms with Crippen molar-refractivity contribution in [3.63, 3.8) is 0 Å². The molecule has 0 aliphatic heterocycles. The lowest BCUT2D eigenvalue weighted by Gasteiger charge is -2.09. The zero-order valence-corrected chi connectivity index (χ0v) is 13.9. The SMILES string of the molecule is CC(C)C(=O)Nc1ccc(CNC(=O)c2ccccc2Cl)cc1. The van der Waals surface area contributed by atoms with Gasteiger partial charge in [-0.2, -0.15) is 0 Å². The van der Waals surface area contributed by atoms with E-state index in [2.05, 4.69) is 10.6 Å². The van der Waals surface area contributed by atoms with E-state index in [0.29, 0.717) is 17.1 Å². The van der Waals surface area contributed by atoms with E-state index in [-0.39, 0.29) is 17.7 Å². The van der Waals surface area contributed by atoms with Crippen LogP contribution in [0, 0.1) is 5.92 Å². The van der Waals surface area contributed by atoms with Gasteiger partial charge in [0.15, 0.2) is 0 Å². The molecule has 0 aromatic heterocycles. The molecule has 0 bridgehead atoms. The van der Waals surface area contributed by atoms with Crippen LogP contribution in [0.5, 0.6) is 0 Å².